The van der Waals surface area contributed by atoms with Gasteiger partial charge in [-0.25, -0.2) is 4.98 Å². The minimum Gasteiger partial charge on any atom is -0.497 e. The molecule has 2 aliphatic rings. The molecule has 2 amide bonds. The number of methoxy groups -OCH3 is 1. The summed E-state index contributed by atoms with van der Waals surface area (Å²) < 4.78 is 5.22. The highest BCUT2D eigenvalue weighted by atomic mass is 35.5. The number of ether oxygens (including phenoxy) is 1. The lowest BCUT2D eigenvalue weighted by molar-refractivity contribution is 0.0721. The second kappa shape index (κ2) is 9.56. The van der Waals surface area contributed by atoms with Gasteiger partial charge in [-0.2, -0.15) is 0 Å². The Balaban J connectivity index is 1.39. The van der Waals surface area contributed by atoms with Crippen LogP contribution in [0.1, 0.15) is 40.0 Å². The number of carbonyl (C=O) groups excluding carboxylic acids is 2. The lowest BCUT2D eigenvalue weighted by Gasteiger charge is -2.36. The lowest BCUT2D eigenvalue weighted by Crippen LogP contribution is -2.49. The van der Waals surface area contributed by atoms with Crippen molar-refractivity contribution >= 4 is 29.2 Å². The van der Waals surface area contributed by atoms with Crippen molar-refractivity contribution in [1.82, 2.24) is 14.8 Å². The summed E-state index contributed by atoms with van der Waals surface area (Å²) in [5.74, 6) is 1.31. The molecule has 0 atom stereocenters. The molecule has 1 aromatic carbocycles. The number of rotatable bonds is 4. The second-order valence-electron chi connectivity index (χ2n) is 7.89. The van der Waals surface area contributed by atoms with E-state index in [1.54, 1.807) is 31.5 Å². The zero-order valence-corrected chi connectivity index (χ0v) is 18.5. The van der Waals surface area contributed by atoms with E-state index in [0.29, 0.717) is 53.9 Å². The number of aromatic nitrogens is 1. The second-order valence-corrected chi connectivity index (χ2v) is 8.30. The summed E-state index contributed by atoms with van der Waals surface area (Å²) >= 11 is 6.50. The number of pyridine rings is 1. The van der Waals surface area contributed by atoms with Gasteiger partial charge in [0.1, 0.15) is 11.6 Å². The molecule has 2 aromatic rings. The van der Waals surface area contributed by atoms with Crippen molar-refractivity contribution in [2.45, 2.75) is 19.3 Å². The highest BCUT2D eigenvalue weighted by Crippen LogP contribution is 2.26. The predicted octanol–water partition coefficient (Wildman–Crippen LogP) is 3.33. The predicted molar refractivity (Wildman–Crippen MR) is 120 cm³/mol. The van der Waals surface area contributed by atoms with Crippen molar-refractivity contribution < 1.29 is 14.3 Å². The number of nitrogens with zero attached hydrogens (tertiary/aromatic N) is 4. The van der Waals surface area contributed by atoms with E-state index < -0.39 is 0 Å². The summed E-state index contributed by atoms with van der Waals surface area (Å²) in [6, 6.07) is 8.91. The molecule has 0 N–H and O–H groups in total. The van der Waals surface area contributed by atoms with Crippen LogP contribution in [0.5, 0.6) is 5.75 Å². The van der Waals surface area contributed by atoms with Gasteiger partial charge in [-0.3, -0.25) is 9.59 Å². The first kappa shape index (κ1) is 21.4. The Hall–Kier alpha value is -2.80. The first-order chi connectivity index (χ1) is 15.1. The van der Waals surface area contributed by atoms with Gasteiger partial charge in [0.2, 0.25) is 0 Å². The Morgan fingerprint density at radius 2 is 1.58 bits per heavy atom. The Morgan fingerprint density at radius 1 is 0.903 bits per heavy atom. The first-order valence-electron chi connectivity index (χ1n) is 10.7. The summed E-state index contributed by atoms with van der Waals surface area (Å²) in [5.41, 5.74) is 1.15. The number of piperidine rings is 1. The molecular formula is C23H27ClN4O3. The molecule has 2 aliphatic heterocycles. The van der Waals surface area contributed by atoms with Crippen LogP contribution in [0, 0.1) is 0 Å². The van der Waals surface area contributed by atoms with Crippen molar-refractivity contribution in [3.05, 3.63) is 52.7 Å². The Kier molecular flexibility index (Phi) is 6.61. The molecule has 3 heterocycles. The molecule has 2 fully saturated rings. The van der Waals surface area contributed by atoms with Crippen molar-refractivity contribution in [3.8, 4) is 5.75 Å². The van der Waals surface area contributed by atoms with Gasteiger partial charge in [0, 0.05) is 51.0 Å². The Morgan fingerprint density at radius 3 is 2.26 bits per heavy atom. The van der Waals surface area contributed by atoms with Crippen LogP contribution in [-0.4, -0.2) is 73.0 Å². The van der Waals surface area contributed by atoms with Crippen LogP contribution in [0.2, 0.25) is 5.02 Å². The van der Waals surface area contributed by atoms with Gasteiger partial charge in [0.15, 0.2) is 0 Å². The number of hydrogen-bond acceptors (Lipinski definition) is 5. The van der Waals surface area contributed by atoms with Gasteiger partial charge in [-0.15, -0.1) is 0 Å². The smallest absolute Gasteiger partial charge is 0.255 e. The molecule has 0 saturated carbocycles. The zero-order chi connectivity index (χ0) is 21.8. The zero-order valence-electron chi connectivity index (χ0n) is 17.7. The van der Waals surface area contributed by atoms with E-state index in [1.165, 1.54) is 6.42 Å². The SMILES string of the molecule is COc1cccc(C(=O)N2CCN(c3ncc(C(=O)N4CCCCC4)cc3Cl)CC2)c1. The van der Waals surface area contributed by atoms with Crippen LogP contribution in [0.4, 0.5) is 5.82 Å². The molecule has 1 aromatic heterocycles. The maximum absolute atomic E-state index is 12.8. The molecule has 0 aliphatic carbocycles. The molecule has 0 radical (unpaired) electrons. The molecule has 4 rings (SSSR count). The highest BCUT2D eigenvalue weighted by Gasteiger charge is 2.25. The number of benzene rings is 1. The summed E-state index contributed by atoms with van der Waals surface area (Å²) in [6.45, 7) is 3.98. The number of carbonyl (C=O) groups is 2. The Labute approximate surface area is 187 Å². The fraction of sp³-hybridized carbons (Fsp3) is 0.435. The van der Waals surface area contributed by atoms with Crippen LogP contribution in [0.15, 0.2) is 36.5 Å². The molecule has 0 bridgehead atoms. The molecule has 8 heteroatoms. The van der Waals surface area contributed by atoms with Crippen LogP contribution in [-0.2, 0) is 0 Å². The van der Waals surface area contributed by atoms with Gasteiger partial charge in [-0.1, -0.05) is 17.7 Å². The average molecular weight is 443 g/mol. The molecule has 0 spiro atoms. The number of amides is 2. The maximum Gasteiger partial charge on any atom is 0.255 e. The van der Waals surface area contributed by atoms with Gasteiger partial charge in [0.25, 0.3) is 11.8 Å². The largest absolute Gasteiger partial charge is 0.497 e. The highest BCUT2D eigenvalue weighted by molar-refractivity contribution is 6.33. The van der Waals surface area contributed by atoms with E-state index in [1.807, 2.05) is 21.9 Å². The third kappa shape index (κ3) is 4.77. The number of hydrogen-bond donors (Lipinski definition) is 0. The quantitative estimate of drug-likeness (QED) is 0.726. The molecule has 31 heavy (non-hydrogen) atoms. The fourth-order valence-corrected chi connectivity index (χ4v) is 4.41. The van der Waals surface area contributed by atoms with Crippen molar-refractivity contribution in [2.75, 3.05) is 51.3 Å². The third-order valence-corrected chi connectivity index (χ3v) is 6.17. The molecule has 0 unspecified atom stereocenters. The summed E-state index contributed by atoms with van der Waals surface area (Å²) in [6.07, 6.45) is 4.88. The van der Waals surface area contributed by atoms with Crippen LogP contribution in [0.3, 0.4) is 0 Å². The lowest BCUT2D eigenvalue weighted by atomic mass is 10.1. The number of piperazine rings is 1. The van der Waals surface area contributed by atoms with Crippen LogP contribution in [0.25, 0.3) is 0 Å². The van der Waals surface area contributed by atoms with E-state index in [9.17, 15) is 9.59 Å². The monoisotopic (exact) mass is 442 g/mol. The van der Waals surface area contributed by atoms with Gasteiger partial charge in [-0.05, 0) is 43.5 Å². The Bertz CT molecular complexity index is 954. The minimum atomic E-state index is -0.0138. The van der Waals surface area contributed by atoms with Gasteiger partial charge < -0.3 is 19.4 Å². The van der Waals surface area contributed by atoms with Crippen molar-refractivity contribution in [1.29, 1.82) is 0 Å². The van der Waals surface area contributed by atoms with E-state index in [0.717, 1.165) is 25.9 Å². The number of anilines is 1. The van der Waals surface area contributed by atoms with Crippen molar-refractivity contribution in [2.24, 2.45) is 0 Å². The molecule has 7 nitrogen and oxygen atoms in total. The fourth-order valence-electron chi connectivity index (χ4n) is 4.12. The minimum absolute atomic E-state index is 0.00523. The van der Waals surface area contributed by atoms with E-state index in [2.05, 4.69) is 9.88 Å². The van der Waals surface area contributed by atoms with E-state index in [-0.39, 0.29) is 11.8 Å². The number of halogens is 1. The maximum atomic E-state index is 12.8. The molecule has 2 saturated heterocycles. The van der Waals surface area contributed by atoms with Crippen molar-refractivity contribution in [3.63, 3.8) is 0 Å². The van der Waals surface area contributed by atoms with Gasteiger partial charge in [0.05, 0.1) is 17.7 Å². The number of likely N-dealkylation sites (tertiary alicyclic amines) is 1. The van der Waals surface area contributed by atoms with Gasteiger partial charge >= 0.3 is 0 Å². The average Bonchev–Trinajstić information content (AvgIpc) is 2.84. The molecule has 164 valence electrons. The summed E-state index contributed by atoms with van der Waals surface area (Å²) in [5, 5.41) is 0.468. The standard InChI is InChI=1S/C23H27ClN4O3/c1-31-19-7-5-6-17(14-19)22(29)28-12-10-26(11-13-28)21-20(24)15-18(16-25-21)23(30)27-8-3-2-4-9-27/h5-7,14-16H,2-4,8-13H2,1H3. The molecular weight excluding hydrogens is 416 g/mol. The first-order valence-corrected chi connectivity index (χ1v) is 11.1. The topological polar surface area (TPSA) is 66.0 Å². The van der Waals surface area contributed by atoms with E-state index >= 15 is 0 Å². The van der Waals surface area contributed by atoms with Crippen LogP contribution >= 0.6 is 11.6 Å². The normalized spacial score (nSPS) is 16.9. The third-order valence-electron chi connectivity index (χ3n) is 5.90. The van der Waals surface area contributed by atoms with Crippen LogP contribution < -0.4 is 9.64 Å². The van der Waals surface area contributed by atoms with E-state index in [4.69, 9.17) is 16.3 Å². The summed E-state index contributed by atoms with van der Waals surface area (Å²) in [7, 11) is 1.59. The summed E-state index contributed by atoms with van der Waals surface area (Å²) in [4.78, 5) is 35.8.